The Morgan fingerprint density at radius 3 is 2.64 bits per heavy atom. The van der Waals surface area contributed by atoms with Gasteiger partial charge in [-0.15, -0.1) is 0 Å². The molecule has 0 aromatic rings. The molecule has 0 radical (unpaired) electrons. The van der Waals surface area contributed by atoms with E-state index in [1.54, 1.807) is 14.1 Å². The summed E-state index contributed by atoms with van der Waals surface area (Å²) in [5.41, 5.74) is 0. The Bertz CT molecular complexity index is 276. The fraction of sp³-hybridized carbons (Fsp3) is 1.00. The molecule has 1 atom stereocenters. The fourth-order valence-electron chi connectivity index (χ4n) is 1.38. The summed E-state index contributed by atoms with van der Waals surface area (Å²) in [5, 5.41) is 0. The molecule has 1 heterocycles. The largest absolute Gasteiger partial charge is 0.380 e. The van der Waals surface area contributed by atoms with Gasteiger partial charge in [-0.25, -0.2) is 0 Å². The minimum absolute atomic E-state index is 0.257. The number of hydrogen-bond acceptors (Lipinski definition) is 3. The van der Waals surface area contributed by atoms with Crippen LogP contribution in [0.1, 0.15) is 6.92 Å². The van der Waals surface area contributed by atoms with Crippen molar-refractivity contribution < 1.29 is 13.2 Å². The normalized spacial score (nSPS) is 26.4. The molecule has 6 heteroatoms. The SMILES string of the molecule is CC1COCCN(S(=O)(=O)N(C)C)C1. The summed E-state index contributed by atoms with van der Waals surface area (Å²) in [7, 11) is -0.175. The van der Waals surface area contributed by atoms with E-state index in [-0.39, 0.29) is 5.92 Å². The van der Waals surface area contributed by atoms with Crippen molar-refractivity contribution in [2.75, 3.05) is 40.4 Å². The van der Waals surface area contributed by atoms with Gasteiger partial charge in [0.25, 0.3) is 10.2 Å². The van der Waals surface area contributed by atoms with Crippen LogP contribution in [0.15, 0.2) is 0 Å². The third kappa shape index (κ3) is 2.66. The van der Waals surface area contributed by atoms with Crippen LogP contribution in [0.5, 0.6) is 0 Å². The van der Waals surface area contributed by atoms with E-state index in [2.05, 4.69) is 0 Å². The van der Waals surface area contributed by atoms with E-state index >= 15 is 0 Å². The van der Waals surface area contributed by atoms with Gasteiger partial charge >= 0.3 is 0 Å². The van der Waals surface area contributed by atoms with E-state index in [0.29, 0.717) is 26.3 Å². The van der Waals surface area contributed by atoms with Crippen LogP contribution in [0.3, 0.4) is 0 Å². The smallest absolute Gasteiger partial charge is 0.281 e. The molecule has 0 amide bonds. The van der Waals surface area contributed by atoms with Crippen LogP contribution in [0.25, 0.3) is 0 Å². The van der Waals surface area contributed by atoms with Crippen LogP contribution >= 0.6 is 0 Å². The first-order valence-corrected chi connectivity index (χ1v) is 6.09. The summed E-state index contributed by atoms with van der Waals surface area (Å²) in [6.45, 7) is 4.10. The van der Waals surface area contributed by atoms with E-state index < -0.39 is 10.2 Å². The Kier molecular flexibility index (Phi) is 3.88. The van der Waals surface area contributed by atoms with Gasteiger partial charge in [0, 0.05) is 27.2 Å². The summed E-state index contributed by atoms with van der Waals surface area (Å²) in [6, 6.07) is 0. The molecular weight excluding hydrogens is 204 g/mol. The van der Waals surface area contributed by atoms with E-state index in [1.807, 2.05) is 6.92 Å². The standard InChI is InChI=1S/C8H18N2O3S/c1-8-6-10(4-5-13-7-8)14(11,12)9(2)3/h8H,4-7H2,1-3H3. The molecule has 1 fully saturated rings. The second-order valence-corrected chi connectivity index (χ2v) is 5.97. The van der Waals surface area contributed by atoms with Crippen LogP contribution in [0, 0.1) is 5.92 Å². The Morgan fingerprint density at radius 1 is 1.43 bits per heavy atom. The first-order valence-electron chi connectivity index (χ1n) is 4.70. The summed E-state index contributed by atoms with van der Waals surface area (Å²) in [6.07, 6.45) is 0. The van der Waals surface area contributed by atoms with Gasteiger partial charge in [0.05, 0.1) is 13.2 Å². The molecule has 84 valence electrons. The third-order valence-electron chi connectivity index (χ3n) is 2.19. The summed E-state index contributed by atoms with van der Waals surface area (Å²) in [4.78, 5) is 0. The predicted octanol–water partition coefficient (Wildman–Crippen LogP) is -0.239. The summed E-state index contributed by atoms with van der Waals surface area (Å²) in [5.74, 6) is 0.257. The van der Waals surface area contributed by atoms with Crippen molar-refractivity contribution in [3.63, 3.8) is 0 Å². The first kappa shape index (κ1) is 11.9. The molecule has 5 nitrogen and oxygen atoms in total. The van der Waals surface area contributed by atoms with Crippen LogP contribution < -0.4 is 0 Å². The molecule has 0 saturated carbocycles. The van der Waals surface area contributed by atoms with Gasteiger partial charge in [0.2, 0.25) is 0 Å². The Labute approximate surface area is 85.8 Å². The highest BCUT2D eigenvalue weighted by molar-refractivity contribution is 7.86. The lowest BCUT2D eigenvalue weighted by Crippen LogP contribution is -2.42. The maximum atomic E-state index is 11.8. The van der Waals surface area contributed by atoms with Crippen molar-refractivity contribution in [1.29, 1.82) is 0 Å². The molecule has 1 saturated heterocycles. The number of nitrogens with zero attached hydrogens (tertiary/aromatic N) is 2. The van der Waals surface area contributed by atoms with Gasteiger partial charge in [0.1, 0.15) is 0 Å². The zero-order valence-corrected chi connectivity index (χ0v) is 9.75. The van der Waals surface area contributed by atoms with Crippen molar-refractivity contribution in [2.24, 2.45) is 5.92 Å². The summed E-state index contributed by atoms with van der Waals surface area (Å²) < 4.78 is 31.6. The van der Waals surface area contributed by atoms with Gasteiger partial charge in [-0.1, -0.05) is 6.92 Å². The van der Waals surface area contributed by atoms with E-state index in [4.69, 9.17) is 4.74 Å². The van der Waals surface area contributed by atoms with Crippen LogP contribution in [-0.2, 0) is 14.9 Å². The van der Waals surface area contributed by atoms with Gasteiger partial charge in [-0.2, -0.15) is 17.0 Å². The number of ether oxygens (including phenoxy) is 1. The maximum absolute atomic E-state index is 11.8. The Morgan fingerprint density at radius 2 is 2.07 bits per heavy atom. The van der Waals surface area contributed by atoms with Crippen LogP contribution in [0.2, 0.25) is 0 Å². The highest BCUT2D eigenvalue weighted by atomic mass is 32.2. The van der Waals surface area contributed by atoms with E-state index in [9.17, 15) is 8.42 Å². The average molecular weight is 222 g/mol. The van der Waals surface area contributed by atoms with Gasteiger partial charge in [0.15, 0.2) is 0 Å². The average Bonchev–Trinajstić information content (AvgIpc) is 2.29. The molecule has 0 aromatic heterocycles. The van der Waals surface area contributed by atoms with Crippen molar-refractivity contribution in [2.45, 2.75) is 6.92 Å². The minimum Gasteiger partial charge on any atom is -0.380 e. The lowest BCUT2D eigenvalue weighted by Gasteiger charge is -2.24. The molecule has 1 rings (SSSR count). The molecule has 0 bridgehead atoms. The third-order valence-corrected chi connectivity index (χ3v) is 4.10. The fourth-order valence-corrected chi connectivity index (χ4v) is 2.59. The molecule has 14 heavy (non-hydrogen) atoms. The quantitative estimate of drug-likeness (QED) is 0.648. The number of rotatable bonds is 2. The topological polar surface area (TPSA) is 49.9 Å². The first-order chi connectivity index (χ1) is 6.44. The molecule has 1 unspecified atom stereocenters. The van der Waals surface area contributed by atoms with Crippen molar-refractivity contribution in [3.8, 4) is 0 Å². The Hall–Kier alpha value is -0.170. The maximum Gasteiger partial charge on any atom is 0.281 e. The number of hydrogen-bond donors (Lipinski definition) is 0. The molecule has 0 aliphatic carbocycles. The molecule has 1 aliphatic heterocycles. The van der Waals surface area contributed by atoms with Crippen molar-refractivity contribution >= 4 is 10.2 Å². The second kappa shape index (κ2) is 4.57. The molecule has 1 aliphatic rings. The zero-order chi connectivity index (χ0) is 10.8. The predicted molar refractivity (Wildman–Crippen MR) is 54.2 cm³/mol. The molecule has 0 N–H and O–H groups in total. The minimum atomic E-state index is -3.27. The van der Waals surface area contributed by atoms with Crippen molar-refractivity contribution in [3.05, 3.63) is 0 Å². The van der Waals surface area contributed by atoms with Crippen molar-refractivity contribution in [1.82, 2.24) is 8.61 Å². The van der Waals surface area contributed by atoms with Gasteiger partial charge in [-0.05, 0) is 5.92 Å². The van der Waals surface area contributed by atoms with E-state index in [0.717, 1.165) is 0 Å². The second-order valence-electron chi connectivity index (χ2n) is 3.83. The zero-order valence-electron chi connectivity index (χ0n) is 8.93. The Balaban J connectivity index is 2.75. The van der Waals surface area contributed by atoms with Gasteiger partial charge < -0.3 is 4.74 Å². The lowest BCUT2D eigenvalue weighted by atomic mass is 10.2. The monoisotopic (exact) mass is 222 g/mol. The van der Waals surface area contributed by atoms with E-state index in [1.165, 1.54) is 8.61 Å². The van der Waals surface area contributed by atoms with Crippen LogP contribution in [0.4, 0.5) is 0 Å². The molecular formula is C8H18N2O3S. The van der Waals surface area contributed by atoms with Gasteiger partial charge in [-0.3, -0.25) is 0 Å². The summed E-state index contributed by atoms with van der Waals surface area (Å²) >= 11 is 0. The lowest BCUT2D eigenvalue weighted by molar-refractivity contribution is 0.127. The highest BCUT2D eigenvalue weighted by Gasteiger charge is 2.27. The highest BCUT2D eigenvalue weighted by Crippen LogP contribution is 2.11. The molecule has 0 aromatic carbocycles. The van der Waals surface area contributed by atoms with Crippen LogP contribution in [-0.4, -0.2) is 57.4 Å². The molecule has 0 spiro atoms.